The molecule has 1 atom stereocenters. The number of hydrogen-bond acceptors (Lipinski definition) is 5. The smallest absolute Gasteiger partial charge is 0.221 e. The lowest BCUT2D eigenvalue weighted by atomic mass is 10.1. The Morgan fingerprint density at radius 3 is 2.86 bits per heavy atom. The zero-order chi connectivity index (χ0) is 20.8. The van der Waals surface area contributed by atoms with E-state index < -0.39 is 0 Å². The van der Waals surface area contributed by atoms with Crippen molar-refractivity contribution in [3.63, 3.8) is 0 Å². The van der Waals surface area contributed by atoms with Gasteiger partial charge in [-0.05, 0) is 31.2 Å². The van der Waals surface area contributed by atoms with E-state index in [0.717, 1.165) is 23.4 Å². The van der Waals surface area contributed by atoms with Gasteiger partial charge < -0.3 is 19.5 Å². The van der Waals surface area contributed by atoms with E-state index in [1.807, 2.05) is 43.3 Å². The Kier molecular flexibility index (Phi) is 7.23. The summed E-state index contributed by atoms with van der Waals surface area (Å²) in [4.78, 5) is 14.6. The van der Waals surface area contributed by atoms with Crippen molar-refractivity contribution >= 4 is 17.5 Å². The third-order valence-corrected chi connectivity index (χ3v) is 5.11. The molecule has 0 aromatic heterocycles. The fraction of sp³-hybridized carbons (Fsp3) is 0.409. The van der Waals surface area contributed by atoms with Crippen molar-refractivity contribution in [1.82, 2.24) is 10.2 Å². The topological polar surface area (TPSA) is 60.0 Å². The average molecular weight is 419 g/mol. The Balaban J connectivity index is 1.55. The second-order valence-corrected chi connectivity index (χ2v) is 7.53. The third kappa shape index (κ3) is 5.55. The van der Waals surface area contributed by atoms with E-state index in [1.54, 1.807) is 14.2 Å². The minimum atomic E-state index is -0.0148. The van der Waals surface area contributed by atoms with Crippen molar-refractivity contribution < 1.29 is 19.0 Å². The lowest BCUT2D eigenvalue weighted by molar-refractivity contribution is -0.121. The minimum absolute atomic E-state index is 0.0148. The molecule has 1 heterocycles. The van der Waals surface area contributed by atoms with Crippen LogP contribution in [0.5, 0.6) is 17.2 Å². The molecule has 1 aliphatic heterocycles. The predicted octanol–water partition coefficient (Wildman–Crippen LogP) is 3.65. The SMILES string of the molecule is COc1cccc(CNC(=O)CCN2Cc3cc(Cl)ccc3OC(C)C2)c1OC. The first-order valence-electron chi connectivity index (χ1n) is 9.64. The molecule has 2 aromatic rings. The Bertz CT molecular complexity index is 859. The number of para-hydroxylation sites is 1. The second kappa shape index (κ2) is 9.85. The zero-order valence-corrected chi connectivity index (χ0v) is 17.8. The molecular weight excluding hydrogens is 392 g/mol. The number of halogens is 1. The van der Waals surface area contributed by atoms with Crippen LogP contribution in [0.3, 0.4) is 0 Å². The fourth-order valence-corrected chi connectivity index (χ4v) is 3.71. The van der Waals surface area contributed by atoms with Crippen LogP contribution in [0.25, 0.3) is 0 Å². The molecule has 6 nitrogen and oxygen atoms in total. The summed E-state index contributed by atoms with van der Waals surface area (Å²) in [6.07, 6.45) is 0.441. The van der Waals surface area contributed by atoms with Gasteiger partial charge in [-0.1, -0.05) is 23.7 Å². The molecule has 2 aromatic carbocycles. The van der Waals surface area contributed by atoms with Gasteiger partial charge in [0.25, 0.3) is 0 Å². The molecule has 156 valence electrons. The van der Waals surface area contributed by atoms with Crippen LogP contribution in [0.1, 0.15) is 24.5 Å². The summed E-state index contributed by atoms with van der Waals surface area (Å²) in [5.74, 6) is 2.13. The van der Waals surface area contributed by atoms with Crippen molar-refractivity contribution in [2.75, 3.05) is 27.3 Å². The zero-order valence-electron chi connectivity index (χ0n) is 17.0. The van der Waals surface area contributed by atoms with E-state index >= 15 is 0 Å². The third-order valence-electron chi connectivity index (χ3n) is 4.88. The van der Waals surface area contributed by atoms with Crippen LogP contribution >= 0.6 is 11.6 Å². The first-order valence-corrected chi connectivity index (χ1v) is 10.0. The van der Waals surface area contributed by atoms with E-state index in [2.05, 4.69) is 10.2 Å². The summed E-state index contributed by atoms with van der Waals surface area (Å²) in [6, 6.07) is 11.3. The van der Waals surface area contributed by atoms with E-state index in [4.69, 9.17) is 25.8 Å². The normalized spacial score (nSPS) is 16.3. The van der Waals surface area contributed by atoms with Gasteiger partial charge in [-0.2, -0.15) is 0 Å². The summed E-state index contributed by atoms with van der Waals surface area (Å²) in [7, 11) is 3.19. The highest BCUT2D eigenvalue weighted by atomic mass is 35.5. The van der Waals surface area contributed by atoms with E-state index in [0.29, 0.717) is 42.6 Å². The number of rotatable bonds is 7. The molecule has 0 saturated carbocycles. The Morgan fingerprint density at radius 1 is 1.28 bits per heavy atom. The largest absolute Gasteiger partial charge is 0.493 e. The van der Waals surface area contributed by atoms with Crippen LogP contribution in [0.4, 0.5) is 0 Å². The fourth-order valence-electron chi connectivity index (χ4n) is 3.51. The highest BCUT2D eigenvalue weighted by molar-refractivity contribution is 6.30. The molecule has 1 unspecified atom stereocenters. The van der Waals surface area contributed by atoms with E-state index in [-0.39, 0.29) is 12.0 Å². The molecule has 3 rings (SSSR count). The number of fused-ring (bicyclic) bond motifs is 1. The van der Waals surface area contributed by atoms with E-state index in [1.165, 1.54) is 0 Å². The van der Waals surface area contributed by atoms with Gasteiger partial charge in [0.2, 0.25) is 5.91 Å². The van der Waals surface area contributed by atoms with Crippen molar-refractivity contribution in [2.24, 2.45) is 0 Å². The van der Waals surface area contributed by atoms with Gasteiger partial charge >= 0.3 is 0 Å². The lowest BCUT2D eigenvalue weighted by Gasteiger charge is -2.21. The maximum absolute atomic E-state index is 12.4. The number of nitrogens with one attached hydrogen (secondary N) is 1. The highest BCUT2D eigenvalue weighted by Crippen LogP contribution is 2.30. The molecule has 0 bridgehead atoms. The molecule has 0 saturated heterocycles. The van der Waals surface area contributed by atoms with Gasteiger partial charge in [-0.15, -0.1) is 0 Å². The minimum Gasteiger partial charge on any atom is -0.493 e. The summed E-state index contributed by atoms with van der Waals surface area (Å²) < 4.78 is 16.7. The molecule has 0 aliphatic carbocycles. The van der Waals surface area contributed by atoms with Gasteiger partial charge in [0, 0.05) is 48.7 Å². The summed E-state index contributed by atoms with van der Waals surface area (Å²) in [5.41, 5.74) is 1.92. The summed E-state index contributed by atoms with van der Waals surface area (Å²) in [5, 5.41) is 3.65. The Labute approximate surface area is 176 Å². The molecule has 1 N–H and O–H groups in total. The number of methoxy groups -OCH3 is 2. The number of carbonyl (C=O) groups excluding carboxylic acids is 1. The lowest BCUT2D eigenvalue weighted by Crippen LogP contribution is -2.34. The van der Waals surface area contributed by atoms with Gasteiger partial charge in [-0.25, -0.2) is 0 Å². The standard InChI is InChI=1S/C22H27ClN2O4/c1-15-13-25(14-17-11-18(23)7-8-19(17)29-15)10-9-21(26)24-12-16-5-4-6-20(27-2)22(16)28-3/h4-8,11,15H,9-10,12-14H2,1-3H3,(H,24,26). The number of hydrogen-bond donors (Lipinski definition) is 1. The van der Waals surface area contributed by atoms with Gasteiger partial charge in [-0.3, -0.25) is 9.69 Å². The molecule has 7 heteroatoms. The molecule has 0 spiro atoms. The quantitative estimate of drug-likeness (QED) is 0.743. The summed E-state index contributed by atoms with van der Waals surface area (Å²) in [6.45, 7) is 4.52. The maximum atomic E-state index is 12.4. The van der Waals surface area contributed by atoms with Crippen LogP contribution in [0.2, 0.25) is 5.02 Å². The number of ether oxygens (including phenoxy) is 3. The molecule has 0 fully saturated rings. The van der Waals surface area contributed by atoms with E-state index in [9.17, 15) is 4.79 Å². The number of carbonyl (C=O) groups is 1. The Hall–Kier alpha value is -2.44. The number of amides is 1. The second-order valence-electron chi connectivity index (χ2n) is 7.10. The first-order chi connectivity index (χ1) is 14.0. The van der Waals surface area contributed by atoms with Gasteiger partial charge in [0.1, 0.15) is 11.9 Å². The predicted molar refractivity (Wildman–Crippen MR) is 113 cm³/mol. The van der Waals surface area contributed by atoms with Gasteiger partial charge in [0.05, 0.1) is 14.2 Å². The molecule has 1 amide bonds. The summed E-state index contributed by atoms with van der Waals surface area (Å²) >= 11 is 6.13. The monoisotopic (exact) mass is 418 g/mol. The highest BCUT2D eigenvalue weighted by Gasteiger charge is 2.21. The molecular formula is C22H27ClN2O4. The first kappa shape index (κ1) is 21.3. The van der Waals surface area contributed by atoms with Crippen molar-refractivity contribution in [3.05, 3.63) is 52.5 Å². The van der Waals surface area contributed by atoms with Crippen molar-refractivity contribution in [3.8, 4) is 17.2 Å². The Morgan fingerprint density at radius 2 is 2.10 bits per heavy atom. The van der Waals surface area contributed by atoms with Crippen molar-refractivity contribution in [1.29, 1.82) is 0 Å². The maximum Gasteiger partial charge on any atom is 0.221 e. The van der Waals surface area contributed by atoms with Gasteiger partial charge in [0.15, 0.2) is 11.5 Å². The van der Waals surface area contributed by atoms with Crippen LogP contribution in [-0.2, 0) is 17.9 Å². The average Bonchev–Trinajstić information content (AvgIpc) is 2.87. The number of nitrogens with zero attached hydrogens (tertiary/aromatic N) is 1. The van der Waals surface area contributed by atoms with Crippen LogP contribution in [0.15, 0.2) is 36.4 Å². The van der Waals surface area contributed by atoms with Crippen LogP contribution in [0, 0.1) is 0 Å². The van der Waals surface area contributed by atoms with Crippen LogP contribution in [-0.4, -0.2) is 44.2 Å². The van der Waals surface area contributed by atoms with Crippen LogP contribution < -0.4 is 19.5 Å². The molecule has 0 radical (unpaired) electrons. The molecule has 29 heavy (non-hydrogen) atoms. The van der Waals surface area contributed by atoms with Crippen molar-refractivity contribution in [2.45, 2.75) is 32.5 Å². The number of benzene rings is 2. The molecule has 1 aliphatic rings.